The summed E-state index contributed by atoms with van der Waals surface area (Å²) in [5.74, 6) is 0.584. The summed E-state index contributed by atoms with van der Waals surface area (Å²) in [5.41, 5.74) is 2.25. The lowest BCUT2D eigenvalue weighted by Gasteiger charge is -2.19. The first-order chi connectivity index (χ1) is 9.15. The molecule has 1 heterocycles. The van der Waals surface area contributed by atoms with E-state index in [-0.39, 0.29) is 11.3 Å². The molecular weight excluding hydrogens is 330 g/mol. The number of nitrogens with zero attached hydrogens (tertiary/aromatic N) is 2. The topological polar surface area (TPSA) is 58.0 Å². The van der Waals surface area contributed by atoms with Crippen LogP contribution in [0.4, 0.5) is 5.82 Å². The van der Waals surface area contributed by atoms with Gasteiger partial charge in [0.25, 0.3) is 0 Å². The molecule has 19 heavy (non-hydrogen) atoms. The number of benzene rings is 1. The molecule has 0 saturated heterocycles. The standard InChI is InChI=1S/C13H11BrClN3O/c14-9-6-16-13(15)18-12(9)17-11-8-4-2-1-3-7(8)5-10(11)19/h1-4,6,10-11,19H,5H2,(H,16,17,18)/t10-,11+/m1/s1. The Hall–Kier alpha value is -1.17. The molecule has 1 aromatic carbocycles. The van der Waals surface area contributed by atoms with E-state index in [1.165, 1.54) is 0 Å². The molecule has 98 valence electrons. The van der Waals surface area contributed by atoms with E-state index in [2.05, 4.69) is 31.2 Å². The van der Waals surface area contributed by atoms with Crippen molar-refractivity contribution in [1.82, 2.24) is 9.97 Å². The van der Waals surface area contributed by atoms with Gasteiger partial charge in [-0.2, -0.15) is 4.98 Å². The third kappa shape index (κ3) is 2.45. The molecule has 1 aromatic heterocycles. The number of nitrogens with one attached hydrogen (secondary N) is 1. The van der Waals surface area contributed by atoms with Gasteiger partial charge in [0.1, 0.15) is 5.82 Å². The van der Waals surface area contributed by atoms with Crippen molar-refractivity contribution in [1.29, 1.82) is 0 Å². The minimum absolute atomic E-state index is 0.173. The first-order valence-corrected chi connectivity index (χ1v) is 7.02. The lowest BCUT2D eigenvalue weighted by Crippen LogP contribution is -2.22. The lowest BCUT2D eigenvalue weighted by molar-refractivity contribution is 0.165. The minimum Gasteiger partial charge on any atom is -0.390 e. The van der Waals surface area contributed by atoms with Crippen LogP contribution in [-0.2, 0) is 6.42 Å². The highest BCUT2D eigenvalue weighted by atomic mass is 79.9. The van der Waals surface area contributed by atoms with E-state index in [1.807, 2.05) is 24.3 Å². The SMILES string of the molecule is O[C@@H]1Cc2ccccc2[C@@H]1Nc1nc(Cl)ncc1Br. The van der Waals surface area contributed by atoms with E-state index in [0.29, 0.717) is 16.7 Å². The Morgan fingerprint density at radius 3 is 3.00 bits per heavy atom. The molecule has 0 fully saturated rings. The van der Waals surface area contributed by atoms with Gasteiger partial charge in [-0.25, -0.2) is 4.98 Å². The molecule has 2 atom stereocenters. The van der Waals surface area contributed by atoms with Gasteiger partial charge < -0.3 is 10.4 Å². The zero-order valence-corrected chi connectivity index (χ0v) is 12.2. The summed E-state index contributed by atoms with van der Waals surface area (Å²) in [4.78, 5) is 8.01. The fraction of sp³-hybridized carbons (Fsp3) is 0.231. The summed E-state index contributed by atoms with van der Waals surface area (Å²) < 4.78 is 0.716. The van der Waals surface area contributed by atoms with Gasteiger partial charge in [0.2, 0.25) is 5.28 Å². The molecule has 3 rings (SSSR count). The van der Waals surface area contributed by atoms with Gasteiger partial charge in [-0.15, -0.1) is 0 Å². The number of rotatable bonds is 2. The van der Waals surface area contributed by atoms with Crippen LogP contribution < -0.4 is 5.32 Å². The van der Waals surface area contributed by atoms with Gasteiger partial charge in [-0.1, -0.05) is 24.3 Å². The highest BCUT2D eigenvalue weighted by Gasteiger charge is 2.31. The molecular formula is C13H11BrClN3O. The van der Waals surface area contributed by atoms with Crippen LogP contribution in [0.3, 0.4) is 0 Å². The molecule has 0 radical (unpaired) electrons. The number of aliphatic hydroxyl groups excluding tert-OH is 1. The van der Waals surface area contributed by atoms with Crippen LogP contribution in [0.15, 0.2) is 34.9 Å². The fourth-order valence-electron chi connectivity index (χ4n) is 2.34. The number of hydrogen-bond acceptors (Lipinski definition) is 4. The molecule has 0 unspecified atom stereocenters. The average Bonchev–Trinajstić information content (AvgIpc) is 2.71. The highest BCUT2D eigenvalue weighted by molar-refractivity contribution is 9.10. The Bertz CT molecular complexity index is 623. The molecule has 2 N–H and O–H groups in total. The van der Waals surface area contributed by atoms with E-state index in [9.17, 15) is 5.11 Å². The molecule has 1 aliphatic rings. The number of halogens is 2. The molecule has 6 heteroatoms. The predicted octanol–water partition coefficient (Wildman–Crippen LogP) is 2.96. The molecule has 0 spiro atoms. The van der Waals surface area contributed by atoms with Gasteiger partial charge in [-0.05, 0) is 38.7 Å². The first-order valence-electron chi connectivity index (χ1n) is 5.85. The first kappa shape index (κ1) is 12.8. The van der Waals surface area contributed by atoms with Crippen molar-refractivity contribution in [3.63, 3.8) is 0 Å². The smallest absolute Gasteiger partial charge is 0.224 e. The number of aromatic nitrogens is 2. The van der Waals surface area contributed by atoms with Crippen LogP contribution in [-0.4, -0.2) is 21.2 Å². The van der Waals surface area contributed by atoms with Crippen LogP contribution >= 0.6 is 27.5 Å². The van der Waals surface area contributed by atoms with E-state index in [1.54, 1.807) is 6.20 Å². The van der Waals surface area contributed by atoms with Crippen LogP contribution in [0.2, 0.25) is 5.28 Å². The molecule has 0 amide bonds. The predicted molar refractivity (Wildman–Crippen MR) is 77.3 cm³/mol. The third-order valence-electron chi connectivity index (χ3n) is 3.21. The Morgan fingerprint density at radius 2 is 2.16 bits per heavy atom. The van der Waals surface area contributed by atoms with Gasteiger partial charge in [0.05, 0.1) is 16.6 Å². The lowest BCUT2D eigenvalue weighted by atomic mass is 10.1. The molecule has 0 bridgehead atoms. The van der Waals surface area contributed by atoms with Crippen molar-refractivity contribution in [2.24, 2.45) is 0 Å². The Labute approximate surface area is 124 Å². The molecule has 1 aliphatic carbocycles. The van der Waals surface area contributed by atoms with Crippen LogP contribution in [0.25, 0.3) is 0 Å². The monoisotopic (exact) mass is 339 g/mol. The second-order valence-electron chi connectivity index (χ2n) is 4.43. The summed E-state index contributed by atoms with van der Waals surface area (Å²) in [6.07, 6.45) is 1.76. The average molecular weight is 341 g/mol. The maximum Gasteiger partial charge on any atom is 0.224 e. The zero-order chi connectivity index (χ0) is 13.4. The Morgan fingerprint density at radius 1 is 1.37 bits per heavy atom. The van der Waals surface area contributed by atoms with Gasteiger partial charge in [0.15, 0.2) is 0 Å². The summed E-state index contributed by atoms with van der Waals surface area (Å²) in [7, 11) is 0. The van der Waals surface area contributed by atoms with Crippen LogP contribution in [0.5, 0.6) is 0 Å². The largest absolute Gasteiger partial charge is 0.390 e. The second-order valence-corrected chi connectivity index (χ2v) is 5.62. The van der Waals surface area contributed by atoms with Gasteiger partial charge in [-0.3, -0.25) is 0 Å². The Balaban J connectivity index is 1.93. The van der Waals surface area contributed by atoms with Crippen molar-refractivity contribution in [3.8, 4) is 0 Å². The summed E-state index contributed by atoms with van der Waals surface area (Å²) in [6.45, 7) is 0. The molecule has 0 saturated carbocycles. The van der Waals surface area contributed by atoms with Crippen LogP contribution in [0.1, 0.15) is 17.2 Å². The van der Waals surface area contributed by atoms with E-state index < -0.39 is 6.10 Å². The second kappa shape index (κ2) is 5.07. The zero-order valence-electron chi connectivity index (χ0n) is 9.85. The number of aliphatic hydroxyl groups is 1. The quantitative estimate of drug-likeness (QED) is 0.825. The summed E-state index contributed by atoms with van der Waals surface area (Å²) in [6, 6.07) is 7.81. The van der Waals surface area contributed by atoms with Crippen molar-refractivity contribution in [3.05, 3.63) is 51.3 Å². The van der Waals surface area contributed by atoms with Crippen molar-refractivity contribution >= 4 is 33.3 Å². The summed E-state index contributed by atoms with van der Waals surface area (Å²) in [5, 5.41) is 13.6. The molecule has 0 aliphatic heterocycles. The van der Waals surface area contributed by atoms with Gasteiger partial charge in [0, 0.05) is 12.6 Å². The Kier molecular flexibility index (Phi) is 3.43. The minimum atomic E-state index is -0.474. The molecule has 4 nitrogen and oxygen atoms in total. The maximum absolute atomic E-state index is 10.2. The van der Waals surface area contributed by atoms with Gasteiger partial charge >= 0.3 is 0 Å². The number of hydrogen-bond donors (Lipinski definition) is 2. The fourth-order valence-corrected chi connectivity index (χ4v) is 2.78. The number of fused-ring (bicyclic) bond motifs is 1. The van der Waals surface area contributed by atoms with E-state index in [0.717, 1.165) is 11.1 Å². The summed E-state index contributed by atoms with van der Waals surface area (Å²) >= 11 is 9.16. The van der Waals surface area contributed by atoms with Crippen molar-refractivity contribution in [2.75, 3.05) is 5.32 Å². The van der Waals surface area contributed by atoms with Crippen molar-refractivity contribution < 1.29 is 5.11 Å². The van der Waals surface area contributed by atoms with E-state index >= 15 is 0 Å². The maximum atomic E-state index is 10.2. The van der Waals surface area contributed by atoms with Crippen LogP contribution in [0, 0.1) is 0 Å². The molecule has 2 aromatic rings. The highest BCUT2D eigenvalue weighted by Crippen LogP contribution is 2.35. The van der Waals surface area contributed by atoms with Crippen molar-refractivity contribution in [2.45, 2.75) is 18.6 Å². The third-order valence-corrected chi connectivity index (χ3v) is 3.97. The normalized spacial score (nSPS) is 21.2. The van der Waals surface area contributed by atoms with E-state index in [4.69, 9.17) is 11.6 Å². The number of anilines is 1.